The smallest absolute Gasteiger partial charge is 0.0346 e. The van der Waals surface area contributed by atoms with Crippen molar-refractivity contribution >= 4 is 21.5 Å². The molecule has 11 aromatic rings. The van der Waals surface area contributed by atoms with Gasteiger partial charge in [-0.3, -0.25) is 4.98 Å². The number of rotatable bonds is 8. The van der Waals surface area contributed by atoms with E-state index < -0.39 is 0 Å². The summed E-state index contributed by atoms with van der Waals surface area (Å²) in [7, 11) is 0. The van der Waals surface area contributed by atoms with Gasteiger partial charge in [0.05, 0.1) is 0 Å². The maximum absolute atomic E-state index is 4.41. The van der Waals surface area contributed by atoms with Gasteiger partial charge in [0.15, 0.2) is 0 Å². The molecule has 0 radical (unpaired) electrons. The molecule has 0 N–H and O–H groups in total. The Balaban J connectivity index is 1.15. The van der Waals surface area contributed by atoms with E-state index in [0.29, 0.717) is 0 Å². The molecule has 1 heterocycles. The summed E-state index contributed by atoms with van der Waals surface area (Å²) in [4.78, 5) is 4.41. The summed E-state index contributed by atoms with van der Waals surface area (Å²) in [5.41, 5.74) is 19.1. The largest absolute Gasteiger partial charge is 0.264 e. The van der Waals surface area contributed by atoms with E-state index in [1.165, 1.54) is 99.4 Å². The molecule has 62 heavy (non-hydrogen) atoms. The summed E-state index contributed by atoms with van der Waals surface area (Å²) in [5.74, 6) is 0. The molecule has 290 valence electrons. The average molecular weight is 788 g/mol. The molecule has 0 aliphatic rings. The first-order valence-corrected chi connectivity index (χ1v) is 21.3. The minimum atomic E-state index is 1.11. The van der Waals surface area contributed by atoms with Crippen molar-refractivity contribution in [3.63, 3.8) is 0 Å². The zero-order chi connectivity index (χ0) is 41.2. The van der Waals surface area contributed by atoms with Gasteiger partial charge in [0.2, 0.25) is 0 Å². The maximum Gasteiger partial charge on any atom is 0.0346 e. The van der Waals surface area contributed by atoms with Crippen LogP contribution in [-0.4, -0.2) is 4.98 Å². The predicted molar refractivity (Wildman–Crippen MR) is 263 cm³/mol. The van der Waals surface area contributed by atoms with Crippen molar-refractivity contribution in [3.05, 3.63) is 249 Å². The highest BCUT2D eigenvalue weighted by molar-refractivity contribution is 6.21. The van der Waals surface area contributed by atoms with Crippen LogP contribution in [0.2, 0.25) is 0 Å². The van der Waals surface area contributed by atoms with Crippen LogP contribution in [0.4, 0.5) is 0 Å². The van der Waals surface area contributed by atoms with Crippen molar-refractivity contribution < 1.29 is 0 Å². The summed E-state index contributed by atoms with van der Waals surface area (Å²) < 4.78 is 0. The van der Waals surface area contributed by atoms with Crippen molar-refractivity contribution in [1.82, 2.24) is 4.98 Å². The van der Waals surface area contributed by atoms with Gasteiger partial charge < -0.3 is 0 Å². The molecule has 0 aliphatic heterocycles. The lowest BCUT2D eigenvalue weighted by Gasteiger charge is -2.24. The summed E-state index contributed by atoms with van der Waals surface area (Å²) in [6.07, 6.45) is 3.76. The van der Waals surface area contributed by atoms with Gasteiger partial charge in [-0.1, -0.05) is 218 Å². The zero-order valence-corrected chi connectivity index (χ0v) is 34.1. The van der Waals surface area contributed by atoms with Crippen LogP contribution in [0.3, 0.4) is 0 Å². The standard InChI is InChI=1S/C61H41N/c1-5-19-42(20-6-1)55-40-56(60(45-23-9-3-10-24-45)61(46-25-11-4-12-26-46)59(55)44-21-7-2-8-22-44)43-34-36-47(37-35-43)57-51-30-13-15-32-53(51)58(54-33-16-14-31-52(54)57)49-28-17-27-48(39-49)50-29-18-38-62-41-50/h1-41H. The van der Waals surface area contributed by atoms with Gasteiger partial charge >= 0.3 is 0 Å². The fraction of sp³-hybridized carbons (Fsp3) is 0. The van der Waals surface area contributed by atoms with Crippen molar-refractivity contribution in [2.24, 2.45) is 0 Å². The van der Waals surface area contributed by atoms with E-state index in [9.17, 15) is 0 Å². The molecule has 0 fully saturated rings. The van der Waals surface area contributed by atoms with Crippen LogP contribution in [0, 0.1) is 0 Å². The Kier molecular flexibility index (Phi) is 9.61. The summed E-state index contributed by atoms with van der Waals surface area (Å²) >= 11 is 0. The molecule has 0 unspecified atom stereocenters. The van der Waals surface area contributed by atoms with Crippen molar-refractivity contribution in [2.45, 2.75) is 0 Å². The Morgan fingerprint density at radius 3 is 1.05 bits per heavy atom. The van der Waals surface area contributed by atoms with E-state index in [0.717, 1.165) is 11.1 Å². The first-order chi connectivity index (χ1) is 30.8. The number of hydrogen-bond donors (Lipinski definition) is 0. The monoisotopic (exact) mass is 787 g/mol. The number of benzene rings is 10. The molecule has 0 amide bonds. The average Bonchev–Trinajstić information content (AvgIpc) is 3.36. The van der Waals surface area contributed by atoms with E-state index >= 15 is 0 Å². The molecule has 1 aromatic heterocycles. The Labute approximate surface area is 362 Å². The summed E-state index contributed by atoms with van der Waals surface area (Å²) in [6, 6.07) is 86.1. The highest BCUT2D eigenvalue weighted by Gasteiger charge is 2.24. The lowest BCUT2D eigenvalue weighted by Crippen LogP contribution is -1.98. The van der Waals surface area contributed by atoms with E-state index in [1.54, 1.807) is 0 Å². The van der Waals surface area contributed by atoms with Gasteiger partial charge in [0.1, 0.15) is 0 Å². The lowest BCUT2D eigenvalue weighted by molar-refractivity contribution is 1.33. The molecule has 11 rings (SSSR count). The minimum absolute atomic E-state index is 1.11. The first kappa shape index (κ1) is 36.9. The van der Waals surface area contributed by atoms with E-state index in [2.05, 4.69) is 236 Å². The SMILES string of the molecule is c1ccc(-c2cc(-c3ccc(-c4c5ccccc5c(-c5cccc(-c6cccnc6)c5)c5ccccc45)cc3)c(-c3ccccc3)c(-c3ccccc3)c2-c2ccccc2)cc1. The number of hydrogen-bond acceptors (Lipinski definition) is 1. The third kappa shape index (κ3) is 6.67. The molecule has 0 atom stereocenters. The number of nitrogens with zero attached hydrogens (tertiary/aromatic N) is 1. The van der Waals surface area contributed by atoms with Crippen LogP contribution in [0.1, 0.15) is 0 Å². The minimum Gasteiger partial charge on any atom is -0.264 e. The van der Waals surface area contributed by atoms with Crippen molar-refractivity contribution in [3.8, 4) is 89.0 Å². The second-order valence-corrected chi connectivity index (χ2v) is 15.8. The van der Waals surface area contributed by atoms with Crippen LogP contribution in [-0.2, 0) is 0 Å². The number of pyridine rings is 1. The molecule has 0 saturated heterocycles. The molecular weight excluding hydrogens is 747 g/mol. The van der Waals surface area contributed by atoms with Crippen LogP contribution < -0.4 is 0 Å². The third-order valence-electron chi connectivity index (χ3n) is 12.2. The molecule has 1 heteroatoms. The van der Waals surface area contributed by atoms with Crippen LogP contribution in [0.15, 0.2) is 249 Å². The van der Waals surface area contributed by atoms with Gasteiger partial charge in [-0.25, -0.2) is 0 Å². The Bertz CT molecular complexity index is 3280. The molecular formula is C61H41N. The molecule has 0 bridgehead atoms. The lowest BCUT2D eigenvalue weighted by atomic mass is 9.78. The molecule has 0 spiro atoms. The van der Waals surface area contributed by atoms with E-state index in [-0.39, 0.29) is 0 Å². The van der Waals surface area contributed by atoms with Crippen LogP contribution >= 0.6 is 0 Å². The Morgan fingerprint density at radius 2 is 0.565 bits per heavy atom. The fourth-order valence-electron chi connectivity index (χ4n) is 9.41. The van der Waals surface area contributed by atoms with E-state index in [4.69, 9.17) is 0 Å². The van der Waals surface area contributed by atoms with Gasteiger partial charge in [-0.05, 0) is 123 Å². The second kappa shape index (κ2) is 16.1. The summed E-state index contributed by atoms with van der Waals surface area (Å²) in [5, 5.41) is 4.93. The molecule has 1 nitrogen and oxygen atoms in total. The van der Waals surface area contributed by atoms with Crippen molar-refractivity contribution in [1.29, 1.82) is 0 Å². The fourth-order valence-corrected chi connectivity index (χ4v) is 9.41. The topological polar surface area (TPSA) is 12.9 Å². The first-order valence-electron chi connectivity index (χ1n) is 21.3. The quantitative estimate of drug-likeness (QED) is 0.140. The number of fused-ring (bicyclic) bond motifs is 2. The Hall–Kier alpha value is -8.13. The van der Waals surface area contributed by atoms with Gasteiger partial charge in [-0.2, -0.15) is 0 Å². The van der Waals surface area contributed by atoms with Crippen LogP contribution in [0.25, 0.3) is 111 Å². The highest BCUT2D eigenvalue weighted by Crippen LogP contribution is 2.51. The van der Waals surface area contributed by atoms with Crippen molar-refractivity contribution in [2.75, 3.05) is 0 Å². The summed E-state index contributed by atoms with van der Waals surface area (Å²) in [6.45, 7) is 0. The maximum atomic E-state index is 4.41. The molecule has 10 aromatic carbocycles. The Morgan fingerprint density at radius 1 is 0.210 bits per heavy atom. The van der Waals surface area contributed by atoms with Crippen LogP contribution in [0.5, 0.6) is 0 Å². The normalized spacial score (nSPS) is 11.2. The van der Waals surface area contributed by atoms with E-state index in [1.807, 2.05) is 18.5 Å². The number of aromatic nitrogens is 1. The van der Waals surface area contributed by atoms with Gasteiger partial charge in [-0.15, -0.1) is 0 Å². The third-order valence-corrected chi connectivity index (χ3v) is 12.2. The highest BCUT2D eigenvalue weighted by atomic mass is 14.6. The predicted octanol–water partition coefficient (Wildman–Crippen LogP) is 16.7. The molecule has 0 saturated carbocycles. The second-order valence-electron chi connectivity index (χ2n) is 15.8. The molecule has 0 aliphatic carbocycles. The zero-order valence-electron chi connectivity index (χ0n) is 34.1. The van der Waals surface area contributed by atoms with Gasteiger partial charge in [0.25, 0.3) is 0 Å². The van der Waals surface area contributed by atoms with Gasteiger partial charge in [0, 0.05) is 18.0 Å².